The van der Waals surface area contributed by atoms with Gasteiger partial charge in [-0.2, -0.15) is 0 Å². The summed E-state index contributed by atoms with van der Waals surface area (Å²) in [7, 11) is 1.60. The molecule has 1 saturated carbocycles. The van der Waals surface area contributed by atoms with Gasteiger partial charge in [0.15, 0.2) is 5.01 Å². The van der Waals surface area contributed by atoms with Gasteiger partial charge in [0.1, 0.15) is 12.4 Å². The van der Waals surface area contributed by atoms with Gasteiger partial charge < -0.3 is 20.3 Å². The van der Waals surface area contributed by atoms with Gasteiger partial charge in [-0.3, -0.25) is 28.9 Å². The highest BCUT2D eigenvalue weighted by molar-refractivity contribution is 7.11. The summed E-state index contributed by atoms with van der Waals surface area (Å²) in [5.74, 6) is -1.45. The van der Waals surface area contributed by atoms with Gasteiger partial charge in [-0.1, -0.05) is 37.1 Å². The maximum Gasteiger partial charge on any atom is 0.280 e. The van der Waals surface area contributed by atoms with Crippen molar-refractivity contribution in [3.8, 4) is 5.75 Å². The number of hydrogen-bond donors (Lipinski definition) is 2. The van der Waals surface area contributed by atoms with Gasteiger partial charge in [-0.25, -0.2) is 4.98 Å². The van der Waals surface area contributed by atoms with Gasteiger partial charge in [0.05, 0.1) is 23.7 Å². The number of fused-ring (bicyclic) bond motifs is 2. The Kier molecular flexibility index (Phi) is 9.43. The van der Waals surface area contributed by atoms with E-state index in [0.717, 1.165) is 24.0 Å². The Labute approximate surface area is 271 Å². The molecule has 3 aliphatic rings. The molecule has 0 spiro atoms. The van der Waals surface area contributed by atoms with Crippen LogP contribution in [0.15, 0.2) is 54.0 Å². The van der Waals surface area contributed by atoms with Crippen molar-refractivity contribution in [2.24, 2.45) is 11.8 Å². The Balaban J connectivity index is 1.26. The van der Waals surface area contributed by atoms with Gasteiger partial charge in [0, 0.05) is 49.1 Å². The summed E-state index contributed by atoms with van der Waals surface area (Å²) < 4.78 is 6.24. The third-order valence-corrected chi connectivity index (χ3v) is 9.99. The second-order valence-corrected chi connectivity index (χ2v) is 12.7. The van der Waals surface area contributed by atoms with Crippen LogP contribution in [0, 0.1) is 11.8 Å². The first-order valence-electron chi connectivity index (χ1n) is 15.8. The van der Waals surface area contributed by atoms with Crippen LogP contribution in [-0.2, 0) is 16.0 Å². The van der Waals surface area contributed by atoms with E-state index in [0.29, 0.717) is 54.1 Å². The van der Waals surface area contributed by atoms with Crippen molar-refractivity contribution in [2.45, 2.75) is 44.6 Å². The van der Waals surface area contributed by atoms with E-state index in [-0.39, 0.29) is 49.2 Å². The lowest BCUT2D eigenvalue weighted by atomic mass is 9.77. The molecular formula is C34H37N5O6S. The minimum Gasteiger partial charge on any atom is -0.491 e. The van der Waals surface area contributed by atoms with Crippen molar-refractivity contribution < 1.29 is 28.7 Å². The average molecular weight is 644 g/mol. The Morgan fingerprint density at radius 2 is 1.74 bits per heavy atom. The zero-order valence-corrected chi connectivity index (χ0v) is 26.5. The lowest BCUT2D eigenvalue weighted by molar-refractivity contribution is -0.146. The number of ether oxygens (including phenoxy) is 1. The molecule has 3 atom stereocenters. The first kappa shape index (κ1) is 31.4. The summed E-state index contributed by atoms with van der Waals surface area (Å²) in [4.78, 5) is 73.2. The number of nitrogens with one attached hydrogen (secondary N) is 2. The highest BCUT2D eigenvalue weighted by Crippen LogP contribution is 2.42. The van der Waals surface area contributed by atoms with Crippen molar-refractivity contribution in [1.29, 1.82) is 0 Å². The Morgan fingerprint density at radius 3 is 2.43 bits per heavy atom. The zero-order valence-electron chi connectivity index (χ0n) is 25.7. The number of hydrogen-bond acceptors (Lipinski definition) is 8. The maximum atomic E-state index is 14.4. The summed E-state index contributed by atoms with van der Waals surface area (Å²) in [5, 5.41) is 7.67. The number of rotatable bonds is 10. The largest absolute Gasteiger partial charge is 0.491 e. The Bertz CT molecular complexity index is 1610. The number of aromatic nitrogens is 1. The highest BCUT2D eigenvalue weighted by atomic mass is 32.1. The number of thiazole rings is 1. The van der Waals surface area contributed by atoms with Gasteiger partial charge >= 0.3 is 0 Å². The summed E-state index contributed by atoms with van der Waals surface area (Å²) in [5.41, 5.74) is 2.61. The third-order valence-electron chi connectivity index (χ3n) is 9.21. The summed E-state index contributed by atoms with van der Waals surface area (Å²) in [6.45, 7) is 0.999. The molecule has 12 heteroatoms. The van der Waals surface area contributed by atoms with Crippen molar-refractivity contribution in [1.82, 2.24) is 25.4 Å². The van der Waals surface area contributed by atoms with Crippen LogP contribution in [0.4, 0.5) is 0 Å². The fraction of sp³-hybridized carbons (Fsp3) is 0.412. The van der Waals surface area contributed by atoms with Crippen molar-refractivity contribution in [3.63, 3.8) is 0 Å². The fourth-order valence-corrected chi connectivity index (χ4v) is 7.55. The molecule has 2 N–H and O–H groups in total. The summed E-state index contributed by atoms with van der Waals surface area (Å²) in [6.07, 6.45) is 5.53. The van der Waals surface area contributed by atoms with Crippen LogP contribution in [0.25, 0.3) is 0 Å². The van der Waals surface area contributed by atoms with E-state index in [1.165, 1.54) is 16.2 Å². The van der Waals surface area contributed by atoms with Crippen molar-refractivity contribution in [3.05, 3.63) is 81.3 Å². The van der Waals surface area contributed by atoms with Crippen LogP contribution in [0.3, 0.4) is 0 Å². The third kappa shape index (κ3) is 6.13. The molecule has 0 bridgehead atoms. The lowest BCUT2D eigenvalue weighted by Crippen LogP contribution is -2.49. The lowest BCUT2D eigenvalue weighted by Gasteiger charge is -2.42. The molecular weight excluding hydrogens is 606 g/mol. The first-order valence-corrected chi connectivity index (χ1v) is 16.7. The molecule has 3 heterocycles. The molecule has 11 nitrogen and oxygen atoms in total. The normalized spacial score (nSPS) is 20.6. The SMILES string of the molecule is CNC(=O)[C@H]1CCCC[C@H]1C(=O)N1CCc2cccc(OCCNC(=O)c3nccs3)c2[C@H]1CCN1C(=O)c2ccccc2C1=O. The maximum absolute atomic E-state index is 14.4. The quantitative estimate of drug-likeness (QED) is 0.254. The predicted molar refractivity (Wildman–Crippen MR) is 170 cm³/mol. The number of nitrogens with zero attached hydrogens (tertiary/aromatic N) is 3. The Morgan fingerprint density at radius 1 is 1.00 bits per heavy atom. The van der Waals surface area contributed by atoms with E-state index < -0.39 is 17.9 Å². The summed E-state index contributed by atoms with van der Waals surface area (Å²) >= 11 is 1.26. The molecule has 3 aromatic rings. The standard InChI is InChI=1S/C34H37N5O6S/c1-35-29(40)22-8-2-3-9-23(22)32(42)38-17-13-21-7-6-12-27(45-19-15-36-30(41)31-37-16-20-46-31)28(21)26(38)14-18-39-33(43)24-10-4-5-11-25(24)34(39)44/h4-7,10-12,16,20,22-23,26H,2-3,8-9,13-15,17-19H2,1H3,(H,35,40)(H,36,41)/t22-,23+,26+/m0/s1. The summed E-state index contributed by atoms with van der Waals surface area (Å²) in [6, 6.07) is 12.1. The molecule has 240 valence electrons. The van der Waals surface area contributed by atoms with Crippen LogP contribution in [0.2, 0.25) is 0 Å². The minimum absolute atomic E-state index is 0.0863. The first-order chi connectivity index (χ1) is 22.4. The molecule has 2 aromatic carbocycles. The molecule has 0 saturated heterocycles. The molecule has 1 aliphatic carbocycles. The van der Waals surface area contributed by atoms with Gasteiger partial charge in [0.25, 0.3) is 17.7 Å². The van der Waals surface area contributed by atoms with E-state index in [1.807, 2.05) is 23.1 Å². The van der Waals surface area contributed by atoms with E-state index in [2.05, 4.69) is 15.6 Å². The van der Waals surface area contributed by atoms with E-state index >= 15 is 0 Å². The average Bonchev–Trinajstić information content (AvgIpc) is 3.72. The molecule has 6 rings (SSSR count). The molecule has 0 unspecified atom stereocenters. The van der Waals surface area contributed by atoms with Crippen LogP contribution in [-0.4, -0.2) is 77.6 Å². The van der Waals surface area contributed by atoms with E-state index in [4.69, 9.17) is 4.74 Å². The second kappa shape index (κ2) is 13.8. The fourth-order valence-electron chi connectivity index (χ4n) is 7.00. The highest BCUT2D eigenvalue weighted by Gasteiger charge is 2.43. The predicted octanol–water partition coefficient (Wildman–Crippen LogP) is 3.62. The zero-order chi connectivity index (χ0) is 32.2. The van der Waals surface area contributed by atoms with E-state index in [9.17, 15) is 24.0 Å². The molecule has 1 aromatic heterocycles. The molecule has 2 aliphatic heterocycles. The smallest absolute Gasteiger partial charge is 0.280 e. The Hall–Kier alpha value is -4.58. The number of amides is 5. The van der Waals surface area contributed by atoms with Crippen molar-refractivity contribution >= 4 is 40.9 Å². The van der Waals surface area contributed by atoms with Crippen LogP contribution >= 0.6 is 11.3 Å². The molecule has 0 radical (unpaired) electrons. The van der Waals surface area contributed by atoms with Gasteiger partial charge in [-0.05, 0) is 49.4 Å². The topological polar surface area (TPSA) is 138 Å². The van der Waals surface area contributed by atoms with Crippen LogP contribution in [0.1, 0.15) is 79.8 Å². The van der Waals surface area contributed by atoms with E-state index in [1.54, 1.807) is 42.9 Å². The monoisotopic (exact) mass is 643 g/mol. The molecule has 46 heavy (non-hydrogen) atoms. The number of carbonyl (C=O) groups is 5. The number of imide groups is 1. The van der Waals surface area contributed by atoms with Gasteiger partial charge in [0.2, 0.25) is 11.8 Å². The second-order valence-electron chi connectivity index (χ2n) is 11.8. The van der Waals surface area contributed by atoms with Gasteiger partial charge in [-0.15, -0.1) is 11.3 Å². The van der Waals surface area contributed by atoms with Crippen LogP contribution < -0.4 is 15.4 Å². The molecule has 5 amide bonds. The number of benzene rings is 2. The minimum atomic E-state index is -0.492. The molecule has 1 fully saturated rings. The van der Waals surface area contributed by atoms with Crippen LogP contribution in [0.5, 0.6) is 5.75 Å². The van der Waals surface area contributed by atoms with Crippen molar-refractivity contribution in [2.75, 3.05) is 33.3 Å². The number of carbonyl (C=O) groups excluding carboxylic acids is 5.